The number of likely N-dealkylation sites (tertiary alicyclic amines) is 1. The number of rotatable bonds is 6. The van der Waals surface area contributed by atoms with Gasteiger partial charge in [-0.15, -0.1) is 0 Å². The number of carbonyl (C=O) groups is 1. The SMILES string of the molecule is O=C(C1=CCCC1)N1CCCC(CO)(CCCc2ccccc2)C1. The summed E-state index contributed by atoms with van der Waals surface area (Å²) in [5, 5.41) is 10.1. The Morgan fingerprint density at radius 1 is 1.21 bits per heavy atom. The zero-order chi connectivity index (χ0) is 16.8. The Morgan fingerprint density at radius 2 is 2.04 bits per heavy atom. The van der Waals surface area contributed by atoms with E-state index < -0.39 is 0 Å². The molecular weight excluding hydrogens is 298 g/mol. The molecule has 130 valence electrons. The lowest BCUT2D eigenvalue weighted by Crippen LogP contribution is -2.48. The van der Waals surface area contributed by atoms with Crippen molar-refractivity contribution in [2.45, 2.75) is 51.4 Å². The molecule has 1 atom stereocenters. The molecule has 1 saturated heterocycles. The van der Waals surface area contributed by atoms with E-state index in [4.69, 9.17) is 0 Å². The van der Waals surface area contributed by atoms with Gasteiger partial charge in [0.05, 0.1) is 6.61 Å². The molecule has 3 rings (SSSR count). The van der Waals surface area contributed by atoms with E-state index in [-0.39, 0.29) is 17.9 Å². The van der Waals surface area contributed by atoms with Crippen molar-refractivity contribution in [1.29, 1.82) is 0 Å². The van der Waals surface area contributed by atoms with E-state index in [0.29, 0.717) is 6.54 Å². The van der Waals surface area contributed by atoms with Crippen LogP contribution in [0.4, 0.5) is 0 Å². The van der Waals surface area contributed by atoms with Crippen LogP contribution < -0.4 is 0 Å². The molecule has 1 N–H and O–H groups in total. The van der Waals surface area contributed by atoms with Crippen LogP contribution in [0.5, 0.6) is 0 Å². The summed E-state index contributed by atoms with van der Waals surface area (Å²) in [5.41, 5.74) is 2.24. The fraction of sp³-hybridized carbons (Fsp3) is 0.571. The maximum absolute atomic E-state index is 12.7. The van der Waals surface area contributed by atoms with E-state index in [1.807, 2.05) is 11.0 Å². The summed E-state index contributed by atoms with van der Waals surface area (Å²) < 4.78 is 0. The quantitative estimate of drug-likeness (QED) is 0.865. The number of nitrogens with zero attached hydrogens (tertiary/aromatic N) is 1. The monoisotopic (exact) mass is 327 g/mol. The van der Waals surface area contributed by atoms with Gasteiger partial charge in [-0.3, -0.25) is 4.79 Å². The summed E-state index contributed by atoms with van der Waals surface area (Å²) in [6.45, 7) is 1.75. The first-order valence-corrected chi connectivity index (χ1v) is 9.36. The summed E-state index contributed by atoms with van der Waals surface area (Å²) >= 11 is 0. The maximum Gasteiger partial charge on any atom is 0.249 e. The Bertz CT molecular complexity index is 581. The number of amides is 1. The molecule has 1 fully saturated rings. The predicted molar refractivity (Wildman–Crippen MR) is 96.6 cm³/mol. The van der Waals surface area contributed by atoms with Crippen LogP contribution in [0.3, 0.4) is 0 Å². The number of aryl methyl sites for hydroxylation is 1. The van der Waals surface area contributed by atoms with Crippen LogP contribution in [0.25, 0.3) is 0 Å². The van der Waals surface area contributed by atoms with Crippen LogP contribution >= 0.6 is 0 Å². The molecule has 0 radical (unpaired) electrons. The Balaban J connectivity index is 1.58. The highest BCUT2D eigenvalue weighted by Crippen LogP contribution is 2.36. The predicted octanol–water partition coefficient (Wildman–Crippen LogP) is 3.72. The summed E-state index contributed by atoms with van der Waals surface area (Å²) in [5.74, 6) is 0.216. The lowest BCUT2D eigenvalue weighted by molar-refractivity contribution is -0.131. The van der Waals surface area contributed by atoms with Crippen molar-refractivity contribution in [3.05, 3.63) is 47.5 Å². The van der Waals surface area contributed by atoms with Gasteiger partial charge >= 0.3 is 0 Å². The lowest BCUT2D eigenvalue weighted by Gasteiger charge is -2.42. The van der Waals surface area contributed by atoms with Crippen molar-refractivity contribution < 1.29 is 9.90 Å². The Labute approximate surface area is 145 Å². The topological polar surface area (TPSA) is 40.5 Å². The third-order valence-corrected chi connectivity index (χ3v) is 5.62. The number of hydrogen-bond acceptors (Lipinski definition) is 2. The van der Waals surface area contributed by atoms with Crippen molar-refractivity contribution in [3.63, 3.8) is 0 Å². The molecule has 1 amide bonds. The number of benzene rings is 1. The number of hydrogen-bond donors (Lipinski definition) is 1. The van der Waals surface area contributed by atoms with E-state index in [9.17, 15) is 9.90 Å². The highest BCUT2D eigenvalue weighted by Gasteiger charge is 2.37. The van der Waals surface area contributed by atoms with Gasteiger partial charge in [0.15, 0.2) is 0 Å². The average Bonchev–Trinajstić information content (AvgIpc) is 3.17. The molecule has 2 aliphatic rings. The van der Waals surface area contributed by atoms with Crippen molar-refractivity contribution >= 4 is 5.91 Å². The van der Waals surface area contributed by atoms with E-state index in [2.05, 4.69) is 30.3 Å². The first kappa shape index (κ1) is 17.2. The molecule has 3 heteroatoms. The minimum atomic E-state index is -0.109. The molecule has 24 heavy (non-hydrogen) atoms. The minimum absolute atomic E-state index is 0.109. The van der Waals surface area contributed by atoms with Crippen LogP contribution in [0.2, 0.25) is 0 Å². The minimum Gasteiger partial charge on any atom is -0.396 e. The van der Waals surface area contributed by atoms with E-state index in [1.54, 1.807) is 0 Å². The lowest BCUT2D eigenvalue weighted by atomic mass is 9.76. The van der Waals surface area contributed by atoms with Gasteiger partial charge in [-0.25, -0.2) is 0 Å². The number of aliphatic hydroxyl groups is 1. The Morgan fingerprint density at radius 3 is 2.75 bits per heavy atom. The summed E-state index contributed by atoms with van der Waals surface area (Å²) in [6, 6.07) is 10.5. The van der Waals surface area contributed by atoms with Crippen molar-refractivity contribution in [2.75, 3.05) is 19.7 Å². The van der Waals surface area contributed by atoms with Crippen LogP contribution in [0.1, 0.15) is 50.5 Å². The molecule has 1 heterocycles. The van der Waals surface area contributed by atoms with Gasteiger partial charge in [-0.2, -0.15) is 0 Å². The number of carbonyl (C=O) groups excluding carboxylic acids is 1. The number of piperidine rings is 1. The van der Waals surface area contributed by atoms with Crippen molar-refractivity contribution in [2.24, 2.45) is 5.41 Å². The standard InChI is InChI=1S/C21H29NO2/c23-17-21(13-6-10-18-8-2-1-3-9-18)14-7-15-22(16-21)20(24)19-11-4-5-12-19/h1-3,8-9,11,23H,4-7,10,12-17H2. The van der Waals surface area contributed by atoms with Gasteiger partial charge in [0, 0.05) is 24.1 Å². The van der Waals surface area contributed by atoms with Gasteiger partial charge in [-0.05, 0) is 56.9 Å². The number of aliphatic hydroxyl groups excluding tert-OH is 1. The zero-order valence-electron chi connectivity index (χ0n) is 14.5. The molecule has 3 nitrogen and oxygen atoms in total. The molecule has 0 aromatic heterocycles. The second-order valence-electron chi connectivity index (χ2n) is 7.45. The van der Waals surface area contributed by atoms with Crippen LogP contribution in [-0.4, -0.2) is 35.6 Å². The molecule has 1 aliphatic carbocycles. The molecule has 0 saturated carbocycles. The molecule has 0 spiro atoms. The largest absolute Gasteiger partial charge is 0.396 e. The average molecular weight is 327 g/mol. The Hall–Kier alpha value is -1.61. The molecule has 1 unspecified atom stereocenters. The maximum atomic E-state index is 12.7. The summed E-state index contributed by atoms with van der Waals surface area (Å²) in [4.78, 5) is 14.7. The molecule has 1 aromatic rings. The molecule has 1 aromatic carbocycles. The second kappa shape index (κ2) is 7.98. The molecule has 1 aliphatic heterocycles. The van der Waals surface area contributed by atoms with Gasteiger partial charge < -0.3 is 10.0 Å². The first-order chi connectivity index (χ1) is 11.7. The molecule has 0 bridgehead atoms. The third kappa shape index (κ3) is 4.07. The fourth-order valence-electron chi connectivity index (χ4n) is 4.17. The fourth-order valence-corrected chi connectivity index (χ4v) is 4.17. The van der Waals surface area contributed by atoms with Crippen LogP contribution in [0.15, 0.2) is 42.0 Å². The van der Waals surface area contributed by atoms with Gasteiger partial charge in [0.1, 0.15) is 0 Å². The van der Waals surface area contributed by atoms with Crippen LogP contribution in [0, 0.1) is 5.41 Å². The smallest absolute Gasteiger partial charge is 0.249 e. The van der Waals surface area contributed by atoms with Gasteiger partial charge in [-0.1, -0.05) is 36.4 Å². The summed E-state index contributed by atoms with van der Waals surface area (Å²) in [6.07, 6.45) is 10.3. The van der Waals surface area contributed by atoms with Crippen LogP contribution in [-0.2, 0) is 11.2 Å². The van der Waals surface area contributed by atoms with Gasteiger partial charge in [0.2, 0.25) is 5.91 Å². The van der Waals surface area contributed by atoms with E-state index in [1.165, 1.54) is 5.56 Å². The zero-order valence-corrected chi connectivity index (χ0v) is 14.5. The third-order valence-electron chi connectivity index (χ3n) is 5.62. The van der Waals surface area contributed by atoms with E-state index >= 15 is 0 Å². The number of allylic oxidation sites excluding steroid dienone is 1. The van der Waals surface area contributed by atoms with Crippen molar-refractivity contribution in [1.82, 2.24) is 4.90 Å². The van der Waals surface area contributed by atoms with Gasteiger partial charge in [0.25, 0.3) is 0 Å². The Kier molecular flexibility index (Phi) is 5.72. The normalized spacial score (nSPS) is 24.0. The highest BCUT2D eigenvalue weighted by molar-refractivity contribution is 5.93. The first-order valence-electron chi connectivity index (χ1n) is 9.36. The summed E-state index contributed by atoms with van der Waals surface area (Å²) in [7, 11) is 0. The highest BCUT2D eigenvalue weighted by atomic mass is 16.3. The van der Waals surface area contributed by atoms with E-state index in [0.717, 1.165) is 63.5 Å². The molecular formula is C21H29NO2. The second-order valence-corrected chi connectivity index (χ2v) is 7.45. The van der Waals surface area contributed by atoms with Crippen molar-refractivity contribution in [3.8, 4) is 0 Å².